The number of amides is 1. The largest absolute Gasteiger partial charge is 0.545 e. The number of carboxylic acids is 1. The van der Waals surface area contributed by atoms with Crippen LogP contribution in [0.15, 0.2) is 35.4 Å². The lowest BCUT2D eigenvalue weighted by Crippen LogP contribution is -2.45. The number of hydrogen-bond donors (Lipinski definition) is 1. The zero-order chi connectivity index (χ0) is 37.0. The van der Waals surface area contributed by atoms with Gasteiger partial charge in [-0.3, -0.25) is 4.79 Å². The highest BCUT2D eigenvalue weighted by molar-refractivity contribution is 6.02. The van der Waals surface area contributed by atoms with E-state index in [0.717, 1.165) is 105 Å². The maximum Gasteiger partial charge on any atom is 0.251 e. The lowest BCUT2D eigenvalue weighted by Gasteiger charge is -2.39. The minimum atomic E-state index is -1.33. The van der Waals surface area contributed by atoms with Crippen molar-refractivity contribution in [1.29, 1.82) is 0 Å². The molecule has 3 aromatic carbocycles. The van der Waals surface area contributed by atoms with Crippen LogP contribution in [0.2, 0.25) is 0 Å². The van der Waals surface area contributed by atoms with Crippen LogP contribution in [0.3, 0.4) is 0 Å². The number of benzene rings is 3. The molecule has 0 aliphatic carbocycles. The molecule has 0 aromatic heterocycles. The molecule has 0 saturated carbocycles. The van der Waals surface area contributed by atoms with Crippen LogP contribution in [0.4, 0.5) is 5.69 Å². The Morgan fingerprint density at radius 1 is 0.852 bits per heavy atom. The number of hydrogen-bond acceptors (Lipinski definition) is 9. The molecule has 0 spiro atoms. The molecule has 0 bridgehead atoms. The number of nitrogens with zero attached hydrogens (tertiary/aromatic N) is 5. The summed E-state index contributed by atoms with van der Waals surface area (Å²) in [5, 5.41) is 21.5. The molecular weight excluding hydrogens is 688 g/mol. The molecule has 282 valence electrons. The minimum Gasteiger partial charge on any atom is -0.545 e. The van der Waals surface area contributed by atoms with Crippen molar-refractivity contribution < 1.29 is 33.6 Å². The Morgan fingerprint density at radius 3 is 2.37 bits per heavy atom. The van der Waals surface area contributed by atoms with Gasteiger partial charge in [-0.25, -0.2) is 4.58 Å². The molecule has 8 rings (SSSR count). The van der Waals surface area contributed by atoms with Crippen molar-refractivity contribution in [2.75, 3.05) is 83.8 Å². The number of anilines is 1. The van der Waals surface area contributed by atoms with Crippen molar-refractivity contribution in [3.63, 3.8) is 0 Å². The third-order valence-electron chi connectivity index (χ3n) is 11.1. The van der Waals surface area contributed by atoms with E-state index in [-0.39, 0.29) is 30.8 Å². The summed E-state index contributed by atoms with van der Waals surface area (Å²) < 4.78 is 25.9. The fraction of sp³-hybridized carbons (Fsp3) is 0.488. The van der Waals surface area contributed by atoms with Crippen LogP contribution in [0, 0.1) is 0 Å². The Balaban J connectivity index is 1.08. The summed E-state index contributed by atoms with van der Waals surface area (Å²) in [5.74, 6) is -0.0306. The average molecular weight is 735 g/mol. The van der Waals surface area contributed by atoms with Crippen LogP contribution in [0.25, 0.3) is 16.0 Å². The van der Waals surface area contributed by atoms with E-state index >= 15 is 0 Å². The molecule has 13 heteroatoms. The van der Waals surface area contributed by atoms with Crippen molar-refractivity contribution in [1.82, 2.24) is 9.89 Å². The molecule has 3 aromatic rings. The van der Waals surface area contributed by atoms with Crippen LogP contribution in [0.1, 0.15) is 79.8 Å². The first-order valence-electron chi connectivity index (χ1n) is 19.3. The second-order valence-corrected chi connectivity index (χ2v) is 14.4. The lowest BCUT2D eigenvalue weighted by atomic mass is 9.81. The minimum absolute atomic E-state index is 0.0207. The Hall–Kier alpha value is -4.94. The highest BCUT2D eigenvalue weighted by Gasteiger charge is 2.36. The topological polar surface area (TPSA) is 161 Å². The number of carbonyl (C=O) groups excluding carboxylic acids is 2. The van der Waals surface area contributed by atoms with Gasteiger partial charge in [0.25, 0.3) is 5.91 Å². The zero-order valence-electron chi connectivity index (χ0n) is 30.6. The SMILES string of the molecule is [N-]=[N+]=NCCOCCOCCOCCNC(=O)c1ccc(C2=c3cc4c5c(c3Oc3c2cc2c6c3CCCN6CCC2)CCC[N+]=5CCC4)c(C(=O)[O-])c1. The molecule has 5 aliphatic rings. The molecule has 13 nitrogen and oxygen atoms in total. The normalized spacial score (nSPS) is 16.3. The van der Waals surface area contributed by atoms with Gasteiger partial charge in [-0.1, -0.05) is 11.2 Å². The van der Waals surface area contributed by atoms with Gasteiger partial charge in [0, 0.05) is 88.2 Å². The van der Waals surface area contributed by atoms with E-state index in [4.69, 9.17) is 24.5 Å². The van der Waals surface area contributed by atoms with E-state index < -0.39 is 11.9 Å². The number of azide groups is 1. The van der Waals surface area contributed by atoms with E-state index in [2.05, 4.69) is 37.0 Å². The third-order valence-corrected chi connectivity index (χ3v) is 11.1. The van der Waals surface area contributed by atoms with E-state index in [9.17, 15) is 14.7 Å². The molecule has 0 unspecified atom stereocenters. The summed E-state index contributed by atoms with van der Waals surface area (Å²) in [6, 6.07) is 9.41. The molecule has 1 N–H and O–H groups in total. The standard InChI is InChI=1S/C41H46N6O7/c42-45-44-12-18-52-20-22-53-21-19-51-17-11-43-40(48)28-9-10-29(32(25-28)41(49)50)35-33-23-26-5-1-13-46-15-3-7-30(36(26)46)38(33)54-39-31-8-4-16-47-14-2-6-27(37(31)47)24-34(35)39/h9-10,23-25H,1-8,11-22H2,(H-,43,48,49,50). The fourth-order valence-corrected chi connectivity index (χ4v) is 8.91. The third kappa shape index (κ3) is 7.04. The fourth-order valence-electron chi connectivity index (χ4n) is 8.91. The summed E-state index contributed by atoms with van der Waals surface area (Å²) in [4.78, 5) is 31.5. The van der Waals surface area contributed by atoms with Gasteiger partial charge < -0.3 is 39.1 Å². The first kappa shape index (κ1) is 36.1. The van der Waals surface area contributed by atoms with Crippen LogP contribution < -0.4 is 35.2 Å². The van der Waals surface area contributed by atoms with Gasteiger partial charge in [0.2, 0.25) is 5.36 Å². The molecule has 5 heterocycles. The van der Waals surface area contributed by atoms with Crippen molar-refractivity contribution in [3.8, 4) is 11.5 Å². The van der Waals surface area contributed by atoms with E-state index in [1.807, 2.05) is 0 Å². The number of nitrogens with one attached hydrogen (secondary N) is 1. The summed E-state index contributed by atoms with van der Waals surface area (Å²) in [7, 11) is 0. The molecule has 5 aliphatic heterocycles. The molecule has 0 radical (unpaired) electrons. The van der Waals surface area contributed by atoms with Gasteiger partial charge in [-0.05, 0) is 79.4 Å². The quantitative estimate of drug-likeness (QED) is 0.0642. The lowest BCUT2D eigenvalue weighted by molar-refractivity contribution is -0.255. The highest BCUT2D eigenvalue weighted by atomic mass is 16.5. The Morgan fingerprint density at radius 2 is 1.57 bits per heavy atom. The van der Waals surface area contributed by atoms with Crippen LogP contribution in [-0.2, 0) is 39.9 Å². The van der Waals surface area contributed by atoms with E-state index in [1.54, 1.807) is 12.1 Å². The first-order chi connectivity index (χ1) is 26.5. The van der Waals surface area contributed by atoms with Gasteiger partial charge in [0.05, 0.1) is 51.2 Å². The number of ether oxygens (including phenoxy) is 4. The number of aromatic carboxylic acids is 1. The zero-order valence-corrected chi connectivity index (χ0v) is 30.6. The number of aryl methyl sites for hydroxylation is 2. The maximum absolute atomic E-state index is 13.3. The van der Waals surface area contributed by atoms with Crippen molar-refractivity contribution in [2.24, 2.45) is 5.11 Å². The summed E-state index contributed by atoms with van der Waals surface area (Å²) in [6.07, 6.45) is 8.01. The van der Waals surface area contributed by atoms with Crippen LogP contribution in [0.5, 0.6) is 11.5 Å². The molecule has 0 saturated heterocycles. The first-order valence-corrected chi connectivity index (χ1v) is 19.3. The second-order valence-electron chi connectivity index (χ2n) is 14.4. The van der Waals surface area contributed by atoms with Crippen molar-refractivity contribution >= 4 is 23.1 Å². The van der Waals surface area contributed by atoms with Gasteiger partial charge >= 0.3 is 0 Å². The Bertz CT molecular complexity index is 2160. The molecule has 1 amide bonds. The van der Waals surface area contributed by atoms with Gasteiger partial charge in [0.1, 0.15) is 24.6 Å². The summed E-state index contributed by atoms with van der Waals surface area (Å²) in [6.45, 7) is 6.78. The monoisotopic (exact) mass is 734 g/mol. The molecular formula is C41H46N6O7. The predicted octanol–water partition coefficient (Wildman–Crippen LogP) is 2.58. The number of rotatable bonds is 15. The maximum atomic E-state index is 13.3. The van der Waals surface area contributed by atoms with E-state index in [1.165, 1.54) is 39.4 Å². The molecule has 54 heavy (non-hydrogen) atoms. The predicted molar refractivity (Wildman–Crippen MR) is 200 cm³/mol. The van der Waals surface area contributed by atoms with Crippen LogP contribution >= 0.6 is 0 Å². The number of fused-ring (bicyclic) bond motifs is 4. The summed E-state index contributed by atoms with van der Waals surface area (Å²) >= 11 is 0. The molecule has 0 atom stereocenters. The van der Waals surface area contributed by atoms with Crippen LogP contribution in [-0.4, -0.2) is 90.8 Å². The number of carboxylic acid groups (broad SMARTS) is 1. The molecule has 0 fully saturated rings. The highest BCUT2D eigenvalue weighted by Crippen LogP contribution is 2.48. The van der Waals surface area contributed by atoms with Gasteiger partial charge in [-0.2, -0.15) is 0 Å². The smallest absolute Gasteiger partial charge is 0.251 e. The Labute approximate surface area is 313 Å². The van der Waals surface area contributed by atoms with Crippen molar-refractivity contribution in [3.05, 3.63) is 95.9 Å². The Kier molecular flexibility index (Phi) is 10.8. The van der Waals surface area contributed by atoms with E-state index in [0.29, 0.717) is 38.6 Å². The second kappa shape index (κ2) is 16.2. The summed E-state index contributed by atoms with van der Waals surface area (Å²) in [5.41, 5.74) is 17.1. The number of carbonyl (C=O) groups is 2. The van der Waals surface area contributed by atoms with Gasteiger partial charge in [0.15, 0.2) is 0 Å². The van der Waals surface area contributed by atoms with Gasteiger partial charge in [-0.15, -0.1) is 0 Å². The average Bonchev–Trinajstić information content (AvgIpc) is 3.19. The van der Waals surface area contributed by atoms with Crippen molar-refractivity contribution in [2.45, 2.75) is 51.4 Å².